The van der Waals surface area contributed by atoms with Gasteiger partial charge in [0, 0.05) is 27.8 Å². The summed E-state index contributed by atoms with van der Waals surface area (Å²) in [5.41, 5.74) is 3.56. The van der Waals surface area contributed by atoms with Crippen molar-refractivity contribution in [3.63, 3.8) is 0 Å². The first-order valence-electron chi connectivity index (χ1n) is 8.43. The Morgan fingerprint density at radius 3 is 2.24 bits per heavy atom. The Kier molecular flexibility index (Phi) is 8.62. The lowest BCUT2D eigenvalue weighted by molar-refractivity contribution is 0.365. The second-order valence-electron chi connectivity index (χ2n) is 6.15. The van der Waals surface area contributed by atoms with Crippen LogP contribution in [0.25, 0.3) is 0 Å². The monoisotopic (exact) mass is 421 g/mol. The van der Waals surface area contributed by atoms with Crippen molar-refractivity contribution >= 4 is 30.3 Å². The first-order valence-corrected chi connectivity index (χ1v) is 11.7. The van der Waals surface area contributed by atoms with Crippen LogP contribution in [0.2, 0.25) is 0 Å². The van der Waals surface area contributed by atoms with Crippen molar-refractivity contribution in [3.05, 3.63) is 11.1 Å². The lowest BCUT2D eigenvalue weighted by atomic mass is 9.88. The maximum Gasteiger partial charge on any atom is 0.130 e. The molecule has 120 valence electrons. The standard InChI is InChI=1S/C16H28IN3S/c1-14-19-18-12-6-10-15-8-4-2-3-5-9-16(15)11-7-13-20(14)21-17/h14H,2-13H2,1H3/b16-15-,19-18?/t14-/m0/s1. The van der Waals surface area contributed by atoms with Gasteiger partial charge in [-0.3, -0.25) is 0 Å². The Morgan fingerprint density at radius 2 is 1.57 bits per heavy atom. The molecule has 0 N–H and O–H groups in total. The molecule has 5 heteroatoms. The van der Waals surface area contributed by atoms with E-state index in [1.165, 1.54) is 64.2 Å². The van der Waals surface area contributed by atoms with E-state index in [1.807, 2.05) is 0 Å². The molecular formula is C16H28IN3S. The summed E-state index contributed by atoms with van der Waals surface area (Å²) < 4.78 is 2.36. The molecule has 1 aliphatic carbocycles. The molecule has 0 fully saturated rings. The van der Waals surface area contributed by atoms with Crippen molar-refractivity contribution in [2.75, 3.05) is 13.1 Å². The number of azo groups is 1. The minimum absolute atomic E-state index is 0.206. The van der Waals surface area contributed by atoms with E-state index in [4.69, 9.17) is 0 Å². The second kappa shape index (κ2) is 10.2. The third-order valence-corrected chi connectivity index (χ3v) is 6.74. The summed E-state index contributed by atoms with van der Waals surface area (Å²) in [4.78, 5) is 0. The highest BCUT2D eigenvalue weighted by Crippen LogP contribution is 2.30. The molecule has 2 aliphatic rings. The SMILES string of the molecule is C[C@H]1N=NCCC/C2=C(/CCCCCC2)CCCN1SI. The average molecular weight is 421 g/mol. The molecule has 1 atom stereocenters. The number of nitrogens with zero attached hydrogens (tertiary/aromatic N) is 3. The topological polar surface area (TPSA) is 28.0 Å². The van der Waals surface area contributed by atoms with Crippen LogP contribution in [0.15, 0.2) is 21.4 Å². The molecule has 0 saturated heterocycles. The number of hydrogen-bond donors (Lipinski definition) is 0. The van der Waals surface area contributed by atoms with Crippen LogP contribution in [0.4, 0.5) is 0 Å². The third-order valence-electron chi connectivity index (χ3n) is 4.55. The Bertz CT molecular complexity index is 371. The quantitative estimate of drug-likeness (QED) is 0.282. The minimum Gasteiger partial charge on any atom is -0.217 e. The molecule has 0 aromatic heterocycles. The van der Waals surface area contributed by atoms with Crippen molar-refractivity contribution in [3.8, 4) is 0 Å². The molecule has 0 unspecified atom stereocenters. The highest BCUT2D eigenvalue weighted by molar-refractivity contribution is 14.2. The van der Waals surface area contributed by atoms with Crippen LogP contribution in [0.1, 0.15) is 71.1 Å². The molecule has 0 saturated carbocycles. The largest absolute Gasteiger partial charge is 0.217 e. The summed E-state index contributed by atoms with van der Waals surface area (Å²) in [6.45, 7) is 4.16. The molecule has 3 nitrogen and oxygen atoms in total. The summed E-state index contributed by atoms with van der Waals surface area (Å²) in [5.74, 6) is 0. The van der Waals surface area contributed by atoms with Crippen LogP contribution < -0.4 is 0 Å². The van der Waals surface area contributed by atoms with Gasteiger partial charge in [0.1, 0.15) is 6.17 Å². The molecule has 0 amide bonds. The Hall–Kier alpha value is 0.380. The fourth-order valence-electron chi connectivity index (χ4n) is 3.31. The number of hydrogen-bond acceptors (Lipinski definition) is 4. The predicted octanol–water partition coefficient (Wildman–Crippen LogP) is 6.31. The molecule has 2 rings (SSSR count). The highest BCUT2D eigenvalue weighted by Gasteiger charge is 2.15. The van der Waals surface area contributed by atoms with Gasteiger partial charge in [-0.25, -0.2) is 4.31 Å². The molecular weight excluding hydrogens is 393 g/mol. The summed E-state index contributed by atoms with van der Waals surface area (Å²) in [7, 11) is 1.77. The van der Waals surface area contributed by atoms with Crippen molar-refractivity contribution in [1.82, 2.24) is 4.31 Å². The van der Waals surface area contributed by atoms with Crippen molar-refractivity contribution in [2.24, 2.45) is 10.2 Å². The zero-order chi connectivity index (χ0) is 14.9. The third kappa shape index (κ3) is 6.18. The second-order valence-corrected chi connectivity index (χ2v) is 7.94. The predicted molar refractivity (Wildman–Crippen MR) is 101 cm³/mol. The van der Waals surface area contributed by atoms with E-state index in [1.54, 1.807) is 20.3 Å². The van der Waals surface area contributed by atoms with Gasteiger partial charge in [0.05, 0.1) is 6.54 Å². The van der Waals surface area contributed by atoms with Gasteiger partial charge in [-0.2, -0.15) is 10.2 Å². The van der Waals surface area contributed by atoms with Gasteiger partial charge in [0.2, 0.25) is 0 Å². The van der Waals surface area contributed by atoms with Gasteiger partial charge < -0.3 is 0 Å². The number of rotatable bonds is 1. The molecule has 0 spiro atoms. The van der Waals surface area contributed by atoms with Crippen LogP contribution in [-0.2, 0) is 0 Å². The highest BCUT2D eigenvalue weighted by atomic mass is 127. The summed E-state index contributed by atoms with van der Waals surface area (Å²) in [6.07, 6.45) is 13.5. The van der Waals surface area contributed by atoms with E-state index in [0.717, 1.165) is 13.1 Å². The number of allylic oxidation sites excluding steroid dienone is 2. The van der Waals surface area contributed by atoms with Gasteiger partial charge in [-0.15, -0.1) is 0 Å². The van der Waals surface area contributed by atoms with Gasteiger partial charge in [-0.1, -0.05) is 24.0 Å². The van der Waals surface area contributed by atoms with Crippen LogP contribution in [-0.4, -0.2) is 23.6 Å². The van der Waals surface area contributed by atoms with E-state index < -0.39 is 0 Å². The van der Waals surface area contributed by atoms with Gasteiger partial charge in [-0.05, 0) is 67.4 Å². The van der Waals surface area contributed by atoms with E-state index in [0.29, 0.717) is 0 Å². The Morgan fingerprint density at radius 1 is 0.952 bits per heavy atom. The van der Waals surface area contributed by atoms with Crippen LogP contribution in [0.3, 0.4) is 0 Å². The molecule has 0 bridgehead atoms. The van der Waals surface area contributed by atoms with E-state index in [9.17, 15) is 0 Å². The molecule has 21 heavy (non-hydrogen) atoms. The van der Waals surface area contributed by atoms with E-state index in [-0.39, 0.29) is 6.17 Å². The number of halogens is 1. The fraction of sp³-hybridized carbons (Fsp3) is 0.875. The molecule has 1 heterocycles. The lowest BCUT2D eigenvalue weighted by Gasteiger charge is -2.24. The minimum atomic E-state index is 0.206. The van der Waals surface area contributed by atoms with E-state index >= 15 is 0 Å². The first-order chi connectivity index (χ1) is 10.3. The Labute approximate surface area is 146 Å². The van der Waals surface area contributed by atoms with Gasteiger partial charge in [0.15, 0.2) is 0 Å². The average Bonchev–Trinajstić information content (AvgIpc) is 2.46. The zero-order valence-corrected chi connectivity index (χ0v) is 16.2. The summed E-state index contributed by atoms with van der Waals surface area (Å²) in [6, 6.07) is 0. The van der Waals surface area contributed by atoms with Crippen molar-refractivity contribution < 1.29 is 0 Å². The molecule has 0 radical (unpaired) electrons. The smallest absolute Gasteiger partial charge is 0.130 e. The lowest BCUT2D eigenvalue weighted by Crippen LogP contribution is -2.25. The van der Waals surface area contributed by atoms with Crippen LogP contribution >= 0.6 is 30.3 Å². The first kappa shape index (κ1) is 17.7. The maximum absolute atomic E-state index is 4.46. The maximum atomic E-state index is 4.46. The van der Waals surface area contributed by atoms with Gasteiger partial charge in [0.25, 0.3) is 0 Å². The van der Waals surface area contributed by atoms with Crippen molar-refractivity contribution in [2.45, 2.75) is 77.3 Å². The summed E-state index contributed by atoms with van der Waals surface area (Å²) in [5, 5.41) is 8.86. The zero-order valence-electron chi connectivity index (χ0n) is 13.2. The van der Waals surface area contributed by atoms with E-state index in [2.05, 4.69) is 42.7 Å². The van der Waals surface area contributed by atoms with Crippen LogP contribution in [0.5, 0.6) is 0 Å². The Balaban J connectivity index is 2.05. The van der Waals surface area contributed by atoms with Crippen LogP contribution in [0, 0.1) is 0 Å². The van der Waals surface area contributed by atoms with Gasteiger partial charge >= 0.3 is 0 Å². The normalized spacial score (nSPS) is 30.7. The molecule has 1 aliphatic heterocycles. The fourth-order valence-corrected chi connectivity index (χ4v) is 5.25. The molecule has 0 aromatic rings. The molecule has 0 aromatic carbocycles. The summed E-state index contributed by atoms with van der Waals surface area (Å²) >= 11 is 2.37. The van der Waals surface area contributed by atoms with Crippen molar-refractivity contribution in [1.29, 1.82) is 0 Å².